The molecule has 2 aromatic rings. The number of aryl methyl sites for hydroxylation is 2. The Morgan fingerprint density at radius 3 is 2.57 bits per heavy atom. The van der Waals surface area contributed by atoms with Crippen LogP contribution in [0.1, 0.15) is 20.9 Å². The maximum absolute atomic E-state index is 12.4. The van der Waals surface area contributed by atoms with Gasteiger partial charge >= 0.3 is 0 Å². The van der Waals surface area contributed by atoms with Crippen molar-refractivity contribution in [3.63, 3.8) is 0 Å². The molecule has 0 aliphatic carbocycles. The lowest BCUT2D eigenvalue weighted by Crippen LogP contribution is -2.26. The smallest absolute Gasteiger partial charge is 0.241 e. The first kappa shape index (κ1) is 16.1. The molecule has 1 heterocycles. The van der Waals surface area contributed by atoms with Crippen LogP contribution >= 0.6 is 23.6 Å². The fourth-order valence-corrected chi connectivity index (χ4v) is 4.44. The van der Waals surface area contributed by atoms with E-state index in [1.54, 1.807) is 29.5 Å². The molecular weight excluding hydrogens is 324 g/mol. The van der Waals surface area contributed by atoms with Crippen molar-refractivity contribution in [3.8, 4) is 0 Å². The number of nitrogens with one attached hydrogen (secondary N) is 1. The van der Waals surface area contributed by atoms with Gasteiger partial charge in [0, 0.05) is 21.9 Å². The maximum atomic E-state index is 12.4. The molecule has 0 amide bonds. The van der Waals surface area contributed by atoms with Gasteiger partial charge in [0.15, 0.2) is 0 Å². The molecule has 0 spiro atoms. The minimum Gasteiger partial charge on any atom is -0.389 e. The molecule has 2 rings (SSSR count). The van der Waals surface area contributed by atoms with Crippen LogP contribution in [0.15, 0.2) is 35.2 Å². The zero-order valence-electron chi connectivity index (χ0n) is 11.7. The third-order valence-corrected chi connectivity index (χ3v) is 5.93. The molecule has 0 aliphatic heterocycles. The highest BCUT2D eigenvalue weighted by Crippen LogP contribution is 2.21. The predicted octanol–water partition coefficient (Wildman–Crippen LogP) is 2.48. The van der Waals surface area contributed by atoms with Gasteiger partial charge in [-0.2, -0.15) is 0 Å². The molecule has 0 aliphatic rings. The van der Waals surface area contributed by atoms with Crippen LogP contribution in [-0.4, -0.2) is 13.4 Å². The number of benzene rings is 1. The van der Waals surface area contributed by atoms with Crippen LogP contribution in [0.3, 0.4) is 0 Å². The Morgan fingerprint density at radius 1 is 1.33 bits per heavy atom. The van der Waals surface area contributed by atoms with Crippen molar-refractivity contribution in [2.45, 2.75) is 25.3 Å². The van der Waals surface area contributed by atoms with Crippen molar-refractivity contribution in [2.24, 2.45) is 5.73 Å². The lowest BCUT2D eigenvalue weighted by atomic mass is 10.2. The van der Waals surface area contributed by atoms with E-state index in [0.717, 1.165) is 10.4 Å². The number of hydrogen-bond acceptors (Lipinski definition) is 4. The summed E-state index contributed by atoms with van der Waals surface area (Å²) < 4.78 is 27.4. The summed E-state index contributed by atoms with van der Waals surface area (Å²) in [5.74, 6) is 0. The van der Waals surface area contributed by atoms with Gasteiger partial charge in [-0.15, -0.1) is 11.3 Å². The second-order valence-electron chi connectivity index (χ2n) is 4.64. The van der Waals surface area contributed by atoms with E-state index in [4.69, 9.17) is 18.0 Å². The molecule has 0 saturated carbocycles. The Bertz CT molecular complexity index is 760. The topological polar surface area (TPSA) is 72.2 Å². The van der Waals surface area contributed by atoms with Crippen LogP contribution in [0.4, 0.5) is 0 Å². The number of hydrogen-bond donors (Lipinski definition) is 2. The molecule has 112 valence electrons. The Balaban J connectivity index is 2.25. The lowest BCUT2D eigenvalue weighted by molar-refractivity contribution is 0.581. The van der Waals surface area contributed by atoms with Crippen molar-refractivity contribution in [2.75, 3.05) is 0 Å². The Hall–Kier alpha value is -1.28. The van der Waals surface area contributed by atoms with E-state index >= 15 is 0 Å². The summed E-state index contributed by atoms with van der Waals surface area (Å²) in [6.07, 6.45) is 0. The molecule has 7 heteroatoms. The fraction of sp³-hybridized carbons (Fsp3) is 0.214. The summed E-state index contributed by atoms with van der Waals surface area (Å²) in [6.45, 7) is 4.28. The van der Waals surface area contributed by atoms with Gasteiger partial charge < -0.3 is 5.73 Å². The highest BCUT2D eigenvalue weighted by atomic mass is 32.2. The van der Waals surface area contributed by atoms with E-state index in [2.05, 4.69) is 4.72 Å². The molecular formula is C14H16N2O2S3. The molecule has 1 aromatic carbocycles. The Kier molecular flexibility index (Phi) is 4.77. The van der Waals surface area contributed by atoms with Gasteiger partial charge in [-0.05, 0) is 31.5 Å². The second-order valence-corrected chi connectivity index (χ2v) is 8.15. The molecule has 0 bridgehead atoms. The fourth-order valence-electron chi connectivity index (χ4n) is 1.89. The van der Waals surface area contributed by atoms with E-state index in [0.29, 0.717) is 5.56 Å². The van der Waals surface area contributed by atoms with Gasteiger partial charge in [0.2, 0.25) is 10.0 Å². The molecule has 0 unspecified atom stereocenters. The van der Waals surface area contributed by atoms with Crippen LogP contribution in [0, 0.1) is 13.8 Å². The highest BCUT2D eigenvalue weighted by Gasteiger charge is 2.19. The summed E-state index contributed by atoms with van der Waals surface area (Å²) in [7, 11) is -3.65. The monoisotopic (exact) mass is 340 g/mol. The summed E-state index contributed by atoms with van der Waals surface area (Å²) >= 11 is 6.49. The van der Waals surface area contributed by atoms with Crippen LogP contribution in [0.2, 0.25) is 0 Å². The molecule has 0 fully saturated rings. The molecule has 0 atom stereocenters. The number of thiophene rings is 1. The third-order valence-electron chi connectivity index (χ3n) is 3.10. The number of rotatable bonds is 5. The predicted molar refractivity (Wildman–Crippen MR) is 90.1 cm³/mol. The van der Waals surface area contributed by atoms with E-state index in [1.807, 2.05) is 19.9 Å². The van der Waals surface area contributed by atoms with Crippen LogP contribution < -0.4 is 10.5 Å². The number of nitrogens with two attached hydrogens (primary N) is 1. The minimum absolute atomic E-state index is 0.0683. The first-order valence-electron chi connectivity index (χ1n) is 6.25. The van der Waals surface area contributed by atoms with E-state index in [9.17, 15) is 8.42 Å². The molecule has 1 aromatic heterocycles. The standard InChI is InChI=1S/C14H16N2O2S3/c1-9-7-11(20-10(9)2)8-16-21(17,18)13-6-4-3-5-12(13)14(15)19/h3-7,16H,8H2,1-2H3,(H2,15,19). The summed E-state index contributed by atoms with van der Waals surface area (Å²) in [4.78, 5) is 2.34. The first-order valence-corrected chi connectivity index (χ1v) is 8.96. The van der Waals surface area contributed by atoms with Crippen molar-refractivity contribution in [1.29, 1.82) is 0 Å². The second kappa shape index (κ2) is 6.23. The number of thiocarbonyl (C=S) groups is 1. The average Bonchev–Trinajstić information content (AvgIpc) is 2.76. The van der Waals surface area contributed by atoms with Gasteiger partial charge in [0.25, 0.3) is 0 Å². The van der Waals surface area contributed by atoms with Crippen LogP contribution in [0.25, 0.3) is 0 Å². The van der Waals surface area contributed by atoms with Gasteiger partial charge in [-0.1, -0.05) is 30.4 Å². The van der Waals surface area contributed by atoms with Gasteiger partial charge in [-0.3, -0.25) is 0 Å². The van der Waals surface area contributed by atoms with Crippen molar-refractivity contribution >= 4 is 38.6 Å². The highest BCUT2D eigenvalue weighted by molar-refractivity contribution is 7.89. The van der Waals surface area contributed by atoms with Gasteiger partial charge in [0.05, 0.1) is 4.90 Å². The van der Waals surface area contributed by atoms with E-state index in [-0.39, 0.29) is 16.4 Å². The van der Waals surface area contributed by atoms with Gasteiger partial charge in [0.1, 0.15) is 4.99 Å². The van der Waals surface area contributed by atoms with Crippen molar-refractivity contribution in [1.82, 2.24) is 4.72 Å². The molecule has 0 saturated heterocycles. The molecule has 4 nitrogen and oxygen atoms in total. The van der Waals surface area contributed by atoms with E-state index < -0.39 is 10.0 Å². The largest absolute Gasteiger partial charge is 0.389 e. The van der Waals surface area contributed by atoms with Crippen LogP contribution in [-0.2, 0) is 16.6 Å². The normalized spacial score (nSPS) is 11.5. The SMILES string of the molecule is Cc1cc(CNS(=O)(=O)c2ccccc2C(N)=S)sc1C. The Labute approximate surface area is 134 Å². The third kappa shape index (κ3) is 3.68. The summed E-state index contributed by atoms with van der Waals surface area (Å²) in [6, 6.07) is 8.45. The lowest BCUT2D eigenvalue weighted by Gasteiger charge is -2.09. The maximum Gasteiger partial charge on any atom is 0.241 e. The molecule has 0 radical (unpaired) electrons. The Morgan fingerprint density at radius 2 is 2.00 bits per heavy atom. The van der Waals surface area contributed by atoms with Gasteiger partial charge in [-0.25, -0.2) is 13.1 Å². The molecule has 21 heavy (non-hydrogen) atoms. The summed E-state index contributed by atoms with van der Waals surface area (Å²) in [5, 5.41) is 0. The van der Waals surface area contributed by atoms with Crippen molar-refractivity contribution in [3.05, 3.63) is 51.2 Å². The van der Waals surface area contributed by atoms with E-state index in [1.165, 1.54) is 10.9 Å². The zero-order chi connectivity index (χ0) is 15.6. The zero-order valence-corrected chi connectivity index (χ0v) is 14.2. The molecule has 3 N–H and O–H groups in total. The average molecular weight is 340 g/mol. The quantitative estimate of drug-likeness (QED) is 0.820. The summed E-state index contributed by atoms with van der Waals surface area (Å²) in [5.41, 5.74) is 7.11. The van der Waals surface area contributed by atoms with Crippen LogP contribution in [0.5, 0.6) is 0 Å². The minimum atomic E-state index is -3.65. The first-order chi connectivity index (χ1) is 9.81. The van der Waals surface area contributed by atoms with Crippen molar-refractivity contribution < 1.29 is 8.42 Å². The number of sulfonamides is 1.